The number of urea groups is 1. The average Bonchev–Trinajstić information content (AvgIpc) is 3.40. The minimum Gasteiger partial charge on any atom is -0.377 e. The van der Waals surface area contributed by atoms with Gasteiger partial charge in [0.2, 0.25) is 10.0 Å². The van der Waals surface area contributed by atoms with Gasteiger partial charge in [-0.2, -0.15) is 4.31 Å². The molecule has 0 radical (unpaired) electrons. The molecule has 1 aliphatic rings. The van der Waals surface area contributed by atoms with E-state index in [2.05, 4.69) is 20.5 Å². The molecular weight excluding hydrogens is 524 g/mol. The SMILES string of the molecule is Cc1cc(NC(=O)NCCN2CCC(N(C)S(=O)(=O)c3cccc4c(N(C)C)cccc34)C2)c2ccccc2n1. The van der Waals surface area contributed by atoms with Gasteiger partial charge in [0, 0.05) is 74.4 Å². The number of nitrogens with zero attached hydrogens (tertiary/aromatic N) is 4. The van der Waals surface area contributed by atoms with Gasteiger partial charge in [0.15, 0.2) is 0 Å². The summed E-state index contributed by atoms with van der Waals surface area (Å²) in [4.78, 5) is 21.6. The van der Waals surface area contributed by atoms with Gasteiger partial charge < -0.3 is 15.5 Å². The maximum Gasteiger partial charge on any atom is 0.319 e. The normalized spacial score (nSPS) is 16.1. The number of benzene rings is 3. The van der Waals surface area contributed by atoms with Gasteiger partial charge in [-0.3, -0.25) is 9.88 Å². The maximum atomic E-state index is 13.7. The van der Waals surface area contributed by atoms with Crippen LogP contribution in [-0.2, 0) is 10.0 Å². The Balaban J connectivity index is 1.19. The molecule has 2 amide bonds. The predicted octanol–water partition coefficient (Wildman–Crippen LogP) is 4.28. The molecule has 1 aliphatic heterocycles. The van der Waals surface area contributed by atoms with Crippen LogP contribution in [0.1, 0.15) is 12.1 Å². The Labute approximate surface area is 235 Å². The number of hydrogen-bond acceptors (Lipinski definition) is 6. The summed E-state index contributed by atoms with van der Waals surface area (Å²) in [6.45, 7) is 4.36. The van der Waals surface area contributed by atoms with E-state index in [0.717, 1.165) is 51.7 Å². The molecule has 1 atom stereocenters. The minimum atomic E-state index is -3.70. The van der Waals surface area contributed by atoms with Crippen LogP contribution in [0, 0.1) is 6.92 Å². The highest BCUT2D eigenvalue weighted by Gasteiger charge is 2.34. The standard InChI is InChI=1S/C30H36N6O3S/c1-21-19-27(25-9-5-6-12-26(25)32-21)33-30(37)31-16-18-36-17-15-22(20-36)35(4)40(38,39)29-14-8-10-23-24(29)11-7-13-28(23)34(2)3/h5-14,19,22H,15-18,20H2,1-4H3,(H2,31,32,33,37). The van der Waals surface area contributed by atoms with Gasteiger partial charge in [0.25, 0.3) is 0 Å². The fourth-order valence-corrected chi connectivity index (χ4v) is 7.03. The highest BCUT2D eigenvalue weighted by atomic mass is 32.2. The number of fused-ring (bicyclic) bond motifs is 2. The first-order valence-corrected chi connectivity index (χ1v) is 14.9. The molecule has 0 aliphatic carbocycles. The van der Waals surface area contributed by atoms with Crippen molar-refractivity contribution in [1.29, 1.82) is 0 Å². The maximum absolute atomic E-state index is 13.7. The number of aromatic nitrogens is 1. The van der Waals surface area contributed by atoms with Crippen molar-refractivity contribution in [3.8, 4) is 0 Å². The van der Waals surface area contributed by atoms with Gasteiger partial charge in [-0.25, -0.2) is 13.2 Å². The largest absolute Gasteiger partial charge is 0.377 e. The second kappa shape index (κ2) is 11.4. The van der Waals surface area contributed by atoms with Crippen LogP contribution in [-0.4, -0.2) is 82.0 Å². The number of likely N-dealkylation sites (tertiary alicyclic amines) is 1. The number of anilines is 2. The van der Waals surface area contributed by atoms with E-state index in [9.17, 15) is 13.2 Å². The lowest BCUT2D eigenvalue weighted by atomic mass is 10.1. The van der Waals surface area contributed by atoms with Crippen molar-refractivity contribution in [3.05, 3.63) is 72.4 Å². The zero-order chi connectivity index (χ0) is 28.4. The van der Waals surface area contributed by atoms with Crippen LogP contribution >= 0.6 is 0 Å². The Morgan fingerprint density at radius 2 is 1.73 bits per heavy atom. The number of carbonyl (C=O) groups is 1. The van der Waals surface area contributed by atoms with E-state index in [0.29, 0.717) is 24.5 Å². The van der Waals surface area contributed by atoms with E-state index in [-0.39, 0.29) is 12.1 Å². The lowest BCUT2D eigenvalue weighted by Gasteiger charge is -2.25. The summed E-state index contributed by atoms with van der Waals surface area (Å²) in [5, 5.41) is 8.40. The second-order valence-corrected chi connectivity index (χ2v) is 12.5. The zero-order valence-corrected chi connectivity index (χ0v) is 24.2. The van der Waals surface area contributed by atoms with Crippen molar-refractivity contribution in [2.45, 2.75) is 24.3 Å². The number of hydrogen-bond donors (Lipinski definition) is 2. The van der Waals surface area contributed by atoms with Crippen molar-refractivity contribution in [3.63, 3.8) is 0 Å². The van der Waals surface area contributed by atoms with Crippen LogP contribution in [0.4, 0.5) is 16.2 Å². The van der Waals surface area contributed by atoms with E-state index in [1.54, 1.807) is 13.1 Å². The number of likely N-dealkylation sites (N-methyl/N-ethyl adjacent to an activating group) is 1. The van der Waals surface area contributed by atoms with E-state index < -0.39 is 10.0 Å². The van der Waals surface area contributed by atoms with Gasteiger partial charge in [0.1, 0.15) is 0 Å². The molecule has 5 rings (SSSR count). The van der Waals surface area contributed by atoms with E-state index in [1.165, 1.54) is 4.31 Å². The molecule has 1 fully saturated rings. The number of aryl methyl sites for hydroxylation is 1. The topological polar surface area (TPSA) is 97.9 Å². The second-order valence-electron chi connectivity index (χ2n) is 10.5. The molecular formula is C30H36N6O3S. The zero-order valence-electron chi connectivity index (χ0n) is 23.4. The molecule has 2 heterocycles. The lowest BCUT2D eigenvalue weighted by molar-refractivity contribution is 0.248. The van der Waals surface area contributed by atoms with E-state index >= 15 is 0 Å². The van der Waals surface area contributed by atoms with Gasteiger partial charge in [0.05, 0.1) is 16.1 Å². The first-order valence-electron chi connectivity index (χ1n) is 13.5. The van der Waals surface area contributed by atoms with Crippen LogP contribution in [0.5, 0.6) is 0 Å². The molecule has 4 aromatic rings. The summed E-state index contributed by atoms with van der Waals surface area (Å²) in [7, 11) is 1.88. The molecule has 1 unspecified atom stereocenters. The Morgan fingerprint density at radius 1 is 1.00 bits per heavy atom. The van der Waals surface area contributed by atoms with Crippen LogP contribution in [0.25, 0.3) is 21.7 Å². The minimum absolute atomic E-state index is 0.141. The van der Waals surface area contributed by atoms with Crippen molar-refractivity contribution >= 4 is 49.1 Å². The van der Waals surface area contributed by atoms with Crippen LogP contribution < -0.4 is 15.5 Å². The van der Waals surface area contributed by atoms with Crippen molar-refractivity contribution in [2.24, 2.45) is 0 Å². The number of pyridine rings is 1. The van der Waals surface area contributed by atoms with E-state index in [4.69, 9.17) is 0 Å². The highest BCUT2D eigenvalue weighted by Crippen LogP contribution is 2.32. The number of nitrogens with one attached hydrogen (secondary N) is 2. The fraction of sp³-hybridized carbons (Fsp3) is 0.333. The summed E-state index contributed by atoms with van der Waals surface area (Å²) in [6.07, 6.45) is 0.734. The Kier molecular flexibility index (Phi) is 7.93. The molecule has 1 saturated heterocycles. The molecule has 9 nitrogen and oxygen atoms in total. The Morgan fingerprint density at radius 3 is 2.52 bits per heavy atom. The monoisotopic (exact) mass is 560 g/mol. The molecule has 2 N–H and O–H groups in total. The summed E-state index contributed by atoms with van der Waals surface area (Å²) >= 11 is 0. The quantitative estimate of drug-likeness (QED) is 0.334. The van der Waals surface area contributed by atoms with Crippen molar-refractivity contribution in [1.82, 2.24) is 19.5 Å². The van der Waals surface area contributed by atoms with Gasteiger partial charge >= 0.3 is 6.03 Å². The van der Waals surface area contributed by atoms with Gasteiger partial charge in [-0.15, -0.1) is 0 Å². The number of sulfonamides is 1. The van der Waals surface area contributed by atoms with Crippen LogP contribution in [0.2, 0.25) is 0 Å². The van der Waals surface area contributed by atoms with E-state index in [1.807, 2.05) is 86.6 Å². The predicted molar refractivity (Wildman–Crippen MR) is 162 cm³/mol. The molecule has 10 heteroatoms. The molecule has 0 bridgehead atoms. The molecule has 3 aromatic carbocycles. The highest BCUT2D eigenvalue weighted by molar-refractivity contribution is 7.89. The fourth-order valence-electron chi connectivity index (χ4n) is 5.45. The number of amides is 2. The first kappa shape index (κ1) is 27.8. The number of carbonyl (C=O) groups excluding carboxylic acids is 1. The Bertz CT molecular complexity index is 1660. The summed E-state index contributed by atoms with van der Waals surface area (Å²) in [5.74, 6) is 0. The van der Waals surface area contributed by atoms with Gasteiger partial charge in [-0.1, -0.05) is 42.5 Å². The molecule has 40 heavy (non-hydrogen) atoms. The van der Waals surface area contributed by atoms with Crippen LogP contribution in [0.15, 0.2) is 71.6 Å². The van der Waals surface area contributed by atoms with Crippen molar-refractivity contribution in [2.75, 3.05) is 57.5 Å². The summed E-state index contributed by atoms with van der Waals surface area (Å²) < 4.78 is 29.0. The molecule has 1 aromatic heterocycles. The van der Waals surface area contributed by atoms with Crippen molar-refractivity contribution < 1.29 is 13.2 Å². The summed E-state index contributed by atoms with van der Waals surface area (Å²) in [5.41, 5.74) is 3.37. The smallest absolute Gasteiger partial charge is 0.319 e. The van der Waals surface area contributed by atoms with Gasteiger partial charge in [-0.05, 0) is 44.2 Å². The third-order valence-corrected chi connectivity index (χ3v) is 9.53. The molecule has 0 spiro atoms. The lowest BCUT2D eigenvalue weighted by Crippen LogP contribution is -2.40. The Hall–Kier alpha value is -3.73. The average molecular weight is 561 g/mol. The third-order valence-electron chi connectivity index (χ3n) is 7.57. The molecule has 210 valence electrons. The summed E-state index contributed by atoms with van der Waals surface area (Å²) in [6, 6.07) is 20.4. The third kappa shape index (κ3) is 5.60. The molecule has 0 saturated carbocycles. The number of para-hydroxylation sites is 1. The van der Waals surface area contributed by atoms with Crippen LogP contribution in [0.3, 0.4) is 0 Å². The first-order chi connectivity index (χ1) is 19.1. The number of rotatable bonds is 8.